The van der Waals surface area contributed by atoms with Gasteiger partial charge in [0.05, 0.1) is 11.1 Å². The Morgan fingerprint density at radius 2 is 2.00 bits per heavy atom. The number of ether oxygens (including phenoxy) is 1. The van der Waals surface area contributed by atoms with Gasteiger partial charge in [0, 0.05) is 10.6 Å². The Bertz CT molecular complexity index is 989. The number of aromatic nitrogens is 2. The van der Waals surface area contributed by atoms with Gasteiger partial charge < -0.3 is 15.0 Å². The zero-order chi connectivity index (χ0) is 19.6. The summed E-state index contributed by atoms with van der Waals surface area (Å²) in [6.07, 6.45) is -4.48. The van der Waals surface area contributed by atoms with Crippen molar-refractivity contribution in [2.75, 3.05) is 0 Å². The van der Waals surface area contributed by atoms with Gasteiger partial charge in [0.15, 0.2) is 6.61 Å². The molecule has 27 heavy (non-hydrogen) atoms. The van der Waals surface area contributed by atoms with E-state index < -0.39 is 17.6 Å². The first-order chi connectivity index (χ1) is 12.7. The van der Waals surface area contributed by atoms with Crippen molar-refractivity contribution < 1.29 is 27.2 Å². The predicted octanol–water partition coefficient (Wildman–Crippen LogP) is 4.09. The van der Waals surface area contributed by atoms with Gasteiger partial charge in [0.2, 0.25) is 5.82 Å². The number of nitrogens with zero attached hydrogens (tertiary/aromatic N) is 2. The maximum atomic E-state index is 12.8. The van der Waals surface area contributed by atoms with Gasteiger partial charge in [-0.3, -0.25) is 4.79 Å². The van der Waals surface area contributed by atoms with E-state index >= 15 is 0 Å². The highest BCUT2D eigenvalue weighted by Gasteiger charge is 2.30. The second-order valence-electron chi connectivity index (χ2n) is 5.38. The Labute approximate surface area is 155 Å². The van der Waals surface area contributed by atoms with Gasteiger partial charge in [0.1, 0.15) is 5.75 Å². The van der Waals surface area contributed by atoms with Gasteiger partial charge in [-0.05, 0) is 30.3 Å². The smallest absolute Gasteiger partial charge is 0.416 e. The molecule has 0 spiro atoms. The molecule has 140 valence electrons. The van der Waals surface area contributed by atoms with Gasteiger partial charge in [-0.25, -0.2) is 0 Å². The molecule has 0 unspecified atom stereocenters. The van der Waals surface area contributed by atoms with Gasteiger partial charge in [-0.15, -0.1) is 0 Å². The lowest BCUT2D eigenvalue weighted by atomic mass is 10.1. The molecular formula is C17H11ClF3N3O3. The van der Waals surface area contributed by atoms with Crippen LogP contribution in [0.15, 0.2) is 47.0 Å². The summed E-state index contributed by atoms with van der Waals surface area (Å²) in [6, 6.07) is 8.80. The van der Waals surface area contributed by atoms with E-state index in [0.717, 1.165) is 12.1 Å². The third kappa shape index (κ3) is 4.37. The number of amides is 1. The van der Waals surface area contributed by atoms with E-state index in [1.165, 1.54) is 30.3 Å². The first kappa shape index (κ1) is 18.7. The molecule has 10 heteroatoms. The molecule has 0 aliphatic carbocycles. The Morgan fingerprint density at radius 3 is 2.70 bits per heavy atom. The number of rotatable bonds is 5. The molecule has 2 aromatic carbocycles. The first-order valence-corrected chi connectivity index (χ1v) is 7.84. The van der Waals surface area contributed by atoms with Crippen molar-refractivity contribution in [2.45, 2.75) is 12.8 Å². The molecule has 1 amide bonds. The molecule has 0 radical (unpaired) electrons. The maximum absolute atomic E-state index is 12.8. The summed E-state index contributed by atoms with van der Waals surface area (Å²) in [5.41, 5.74) is 4.68. The zero-order valence-corrected chi connectivity index (χ0v) is 14.2. The summed E-state index contributed by atoms with van der Waals surface area (Å²) in [7, 11) is 0. The minimum Gasteiger partial charge on any atom is -0.483 e. The highest BCUT2D eigenvalue weighted by molar-refractivity contribution is 6.30. The number of halogens is 4. The molecular weight excluding hydrogens is 387 g/mol. The average Bonchev–Trinajstić information content (AvgIpc) is 3.08. The first-order valence-electron chi connectivity index (χ1n) is 7.46. The number of benzene rings is 2. The minimum absolute atomic E-state index is 0.00203. The van der Waals surface area contributed by atoms with Crippen LogP contribution < -0.4 is 10.5 Å². The summed E-state index contributed by atoms with van der Waals surface area (Å²) in [6.45, 7) is -0.230. The molecule has 3 aromatic rings. The van der Waals surface area contributed by atoms with Crippen molar-refractivity contribution in [1.29, 1.82) is 0 Å². The third-order valence-electron chi connectivity index (χ3n) is 3.48. The number of primary amides is 1. The van der Waals surface area contributed by atoms with Crippen molar-refractivity contribution in [2.24, 2.45) is 5.73 Å². The highest BCUT2D eigenvalue weighted by Crippen LogP contribution is 2.31. The van der Waals surface area contributed by atoms with E-state index in [-0.39, 0.29) is 35.2 Å². The maximum Gasteiger partial charge on any atom is 0.416 e. The topological polar surface area (TPSA) is 91.2 Å². The summed E-state index contributed by atoms with van der Waals surface area (Å²) < 4.78 is 48.8. The molecule has 1 aromatic heterocycles. The average molecular weight is 398 g/mol. The second-order valence-corrected chi connectivity index (χ2v) is 5.82. The van der Waals surface area contributed by atoms with Crippen LogP contribution >= 0.6 is 11.6 Å². The number of hydrogen-bond donors (Lipinski definition) is 1. The van der Waals surface area contributed by atoms with Gasteiger partial charge >= 0.3 is 6.18 Å². The molecule has 0 bridgehead atoms. The van der Waals surface area contributed by atoms with Crippen LogP contribution in [0.5, 0.6) is 5.75 Å². The quantitative estimate of drug-likeness (QED) is 0.700. The molecule has 0 aliphatic heterocycles. The minimum atomic E-state index is -4.48. The summed E-state index contributed by atoms with van der Waals surface area (Å²) >= 11 is 5.86. The standard InChI is InChI=1S/C17H11ClF3N3O3/c18-11-4-5-12(15(22)25)13(7-11)26-8-14-23-16(24-27-14)9-2-1-3-10(6-9)17(19,20)21/h1-7H,8H2,(H2,22,25). The summed E-state index contributed by atoms with van der Waals surface area (Å²) in [5.74, 6) is -0.621. The Kier molecular flexibility index (Phi) is 5.04. The molecule has 0 aliphatic rings. The molecule has 0 saturated carbocycles. The van der Waals surface area contributed by atoms with Crippen LogP contribution in [0, 0.1) is 0 Å². The van der Waals surface area contributed by atoms with E-state index in [0.29, 0.717) is 5.02 Å². The second kappa shape index (κ2) is 7.28. The Balaban J connectivity index is 1.78. The SMILES string of the molecule is NC(=O)c1ccc(Cl)cc1OCc1nc(-c2cccc(C(F)(F)F)c2)no1. The lowest BCUT2D eigenvalue weighted by molar-refractivity contribution is -0.137. The number of carbonyl (C=O) groups excluding carboxylic acids is 1. The third-order valence-corrected chi connectivity index (χ3v) is 3.71. The Hall–Kier alpha value is -3.07. The number of nitrogens with two attached hydrogens (primary N) is 1. The van der Waals surface area contributed by atoms with Crippen molar-refractivity contribution in [3.63, 3.8) is 0 Å². The van der Waals surface area contributed by atoms with Gasteiger partial charge in [-0.2, -0.15) is 18.2 Å². The van der Waals surface area contributed by atoms with Crippen LogP contribution in [-0.2, 0) is 12.8 Å². The fourth-order valence-corrected chi connectivity index (χ4v) is 2.39. The fourth-order valence-electron chi connectivity index (χ4n) is 2.22. The zero-order valence-electron chi connectivity index (χ0n) is 13.5. The lowest BCUT2D eigenvalue weighted by Gasteiger charge is -2.08. The van der Waals surface area contributed by atoms with E-state index in [1.807, 2.05) is 0 Å². The van der Waals surface area contributed by atoms with Crippen LogP contribution in [0.25, 0.3) is 11.4 Å². The monoisotopic (exact) mass is 397 g/mol. The Morgan fingerprint density at radius 1 is 1.22 bits per heavy atom. The predicted molar refractivity (Wildman–Crippen MR) is 89.0 cm³/mol. The number of carbonyl (C=O) groups is 1. The molecule has 2 N–H and O–H groups in total. The van der Waals surface area contributed by atoms with Crippen LogP contribution in [0.2, 0.25) is 5.02 Å². The van der Waals surface area contributed by atoms with Crippen molar-refractivity contribution in [3.05, 3.63) is 64.5 Å². The fraction of sp³-hybridized carbons (Fsp3) is 0.118. The van der Waals surface area contributed by atoms with Crippen molar-refractivity contribution >= 4 is 17.5 Å². The van der Waals surface area contributed by atoms with E-state index in [9.17, 15) is 18.0 Å². The van der Waals surface area contributed by atoms with E-state index in [1.54, 1.807) is 0 Å². The lowest BCUT2D eigenvalue weighted by Crippen LogP contribution is -2.13. The van der Waals surface area contributed by atoms with Crippen molar-refractivity contribution in [3.8, 4) is 17.1 Å². The number of alkyl halides is 3. The van der Waals surface area contributed by atoms with Gasteiger partial charge in [-0.1, -0.05) is 28.9 Å². The van der Waals surface area contributed by atoms with Crippen LogP contribution in [0.1, 0.15) is 21.8 Å². The van der Waals surface area contributed by atoms with Crippen LogP contribution in [0.3, 0.4) is 0 Å². The molecule has 1 heterocycles. The molecule has 3 rings (SSSR count). The summed E-state index contributed by atoms with van der Waals surface area (Å²) in [5, 5.41) is 3.97. The molecule has 6 nitrogen and oxygen atoms in total. The van der Waals surface area contributed by atoms with Gasteiger partial charge in [0.25, 0.3) is 11.8 Å². The molecule has 0 atom stereocenters. The summed E-state index contributed by atoms with van der Waals surface area (Å²) in [4.78, 5) is 15.4. The highest BCUT2D eigenvalue weighted by atomic mass is 35.5. The van der Waals surface area contributed by atoms with Crippen LogP contribution in [0.4, 0.5) is 13.2 Å². The van der Waals surface area contributed by atoms with E-state index in [4.69, 9.17) is 26.6 Å². The normalized spacial score (nSPS) is 11.4. The number of hydrogen-bond acceptors (Lipinski definition) is 5. The molecule has 0 fully saturated rings. The van der Waals surface area contributed by atoms with Crippen molar-refractivity contribution in [1.82, 2.24) is 10.1 Å². The molecule has 0 saturated heterocycles. The van der Waals surface area contributed by atoms with E-state index in [2.05, 4.69) is 10.1 Å². The van der Waals surface area contributed by atoms with Crippen LogP contribution in [-0.4, -0.2) is 16.0 Å². The largest absolute Gasteiger partial charge is 0.483 e.